The van der Waals surface area contributed by atoms with Crippen LogP contribution in [0.4, 0.5) is 0 Å². The predicted octanol–water partition coefficient (Wildman–Crippen LogP) is 1.09. The highest BCUT2D eigenvalue weighted by Gasteiger charge is 2.48. The van der Waals surface area contributed by atoms with E-state index in [0.717, 1.165) is 0 Å². The summed E-state index contributed by atoms with van der Waals surface area (Å²) >= 11 is 5.86. The van der Waals surface area contributed by atoms with Crippen LogP contribution in [0.25, 0.3) is 0 Å². The van der Waals surface area contributed by atoms with Crippen LogP contribution in [-0.4, -0.2) is 55.2 Å². The lowest BCUT2D eigenvalue weighted by Crippen LogP contribution is -2.55. The Balaban J connectivity index is 0.00000192. The molecule has 0 aromatic heterocycles. The SMILES string of the molecule is Cl.NC1(C(=O)N2CCN(S(=O)(=O)c3cccc(Cl)c3)CC2)CC1. The van der Waals surface area contributed by atoms with Crippen LogP contribution < -0.4 is 5.73 Å². The summed E-state index contributed by atoms with van der Waals surface area (Å²) in [5, 5.41) is 0.383. The van der Waals surface area contributed by atoms with Crippen molar-refractivity contribution in [3.05, 3.63) is 29.3 Å². The molecule has 1 saturated heterocycles. The molecule has 1 aromatic carbocycles. The fourth-order valence-electron chi connectivity index (χ4n) is 2.57. The van der Waals surface area contributed by atoms with Crippen LogP contribution in [-0.2, 0) is 14.8 Å². The van der Waals surface area contributed by atoms with Gasteiger partial charge in [0.15, 0.2) is 0 Å². The highest BCUT2D eigenvalue weighted by atomic mass is 35.5. The van der Waals surface area contributed by atoms with Gasteiger partial charge in [-0.1, -0.05) is 17.7 Å². The van der Waals surface area contributed by atoms with Crippen LogP contribution in [0, 0.1) is 0 Å². The van der Waals surface area contributed by atoms with Gasteiger partial charge in [0.2, 0.25) is 15.9 Å². The summed E-state index contributed by atoms with van der Waals surface area (Å²) in [4.78, 5) is 14.0. The van der Waals surface area contributed by atoms with Crippen LogP contribution in [0.3, 0.4) is 0 Å². The van der Waals surface area contributed by atoms with E-state index in [0.29, 0.717) is 31.0 Å². The maximum absolute atomic E-state index is 12.6. The van der Waals surface area contributed by atoms with E-state index in [1.807, 2.05) is 0 Å². The molecule has 1 aliphatic carbocycles. The van der Waals surface area contributed by atoms with Crippen LogP contribution in [0.1, 0.15) is 12.8 Å². The Morgan fingerprint density at radius 1 is 1.17 bits per heavy atom. The van der Waals surface area contributed by atoms with Gasteiger partial charge in [-0.2, -0.15) is 4.31 Å². The second-order valence-electron chi connectivity index (χ2n) is 5.81. The molecule has 128 valence electrons. The molecule has 9 heteroatoms. The van der Waals surface area contributed by atoms with Gasteiger partial charge in [0.05, 0.1) is 10.4 Å². The Hall–Kier alpha value is -0.860. The highest BCUT2D eigenvalue weighted by molar-refractivity contribution is 7.89. The molecule has 0 atom stereocenters. The zero-order valence-electron chi connectivity index (χ0n) is 12.4. The molecule has 2 aliphatic rings. The third-order valence-corrected chi connectivity index (χ3v) is 6.30. The zero-order valence-corrected chi connectivity index (χ0v) is 14.8. The summed E-state index contributed by atoms with van der Waals surface area (Å²) in [7, 11) is -3.57. The second kappa shape index (κ2) is 6.57. The molecule has 0 spiro atoms. The van der Waals surface area contributed by atoms with Crippen molar-refractivity contribution in [3.8, 4) is 0 Å². The number of benzene rings is 1. The monoisotopic (exact) mass is 379 g/mol. The minimum atomic E-state index is -3.57. The average Bonchev–Trinajstić information content (AvgIpc) is 3.26. The third kappa shape index (κ3) is 3.64. The molecular formula is C14H19Cl2N3O3S. The molecular weight excluding hydrogens is 361 g/mol. The van der Waals surface area contributed by atoms with Crippen molar-refractivity contribution in [1.82, 2.24) is 9.21 Å². The molecule has 6 nitrogen and oxygen atoms in total. The first-order valence-corrected chi connectivity index (χ1v) is 8.99. The van der Waals surface area contributed by atoms with Gasteiger partial charge in [-0.3, -0.25) is 4.79 Å². The van der Waals surface area contributed by atoms with Crippen molar-refractivity contribution in [2.45, 2.75) is 23.3 Å². The lowest BCUT2D eigenvalue weighted by atomic mass is 10.2. The molecule has 2 N–H and O–H groups in total. The van der Waals surface area contributed by atoms with Gasteiger partial charge >= 0.3 is 0 Å². The fraction of sp³-hybridized carbons (Fsp3) is 0.500. The summed E-state index contributed by atoms with van der Waals surface area (Å²) in [5.41, 5.74) is 5.21. The Bertz CT molecular complexity index is 699. The van der Waals surface area contributed by atoms with E-state index in [-0.39, 0.29) is 36.3 Å². The van der Waals surface area contributed by atoms with Gasteiger partial charge in [-0.25, -0.2) is 8.42 Å². The number of halogens is 2. The number of carbonyl (C=O) groups is 1. The maximum Gasteiger partial charge on any atom is 0.243 e. The molecule has 2 fully saturated rings. The van der Waals surface area contributed by atoms with E-state index < -0.39 is 15.6 Å². The van der Waals surface area contributed by atoms with Crippen molar-refractivity contribution in [2.24, 2.45) is 5.73 Å². The first-order chi connectivity index (χ1) is 10.3. The van der Waals surface area contributed by atoms with Gasteiger partial charge in [0.1, 0.15) is 0 Å². The van der Waals surface area contributed by atoms with E-state index in [2.05, 4.69) is 0 Å². The summed E-state index contributed by atoms with van der Waals surface area (Å²) < 4.78 is 26.5. The quantitative estimate of drug-likeness (QED) is 0.851. The van der Waals surface area contributed by atoms with Crippen LogP contribution >= 0.6 is 24.0 Å². The number of hydrogen-bond donors (Lipinski definition) is 1. The van der Waals surface area contributed by atoms with Crippen molar-refractivity contribution < 1.29 is 13.2 Å². The normalized spacial score (nSPS) is 20.7. The summed E-state index contributed by atoms with van der Waals surface area (Å²) in [6, 6.07) is 6.21. The number of piperazine rings is 1. The van der Waals surface area contributed by atoms with Crippen LogP contribution in [0.5, 0.6) is 0 Å². The number of sulfonamides is 1. The summed E-state index contributed by atoms with van der Waals surface area (Å²) in [6.07, 6.45) is 1.43. The standard InChI is InChI=1S/C14H18ClN3O3S.ClH/c15-11-2-1-3-12(10-11)22(20,21)18-8-6-17(7-9-18)13(19)14(16)4-5-14;/h1-3,10H,4-9,16H2;1H. The van der Waals surface area contributed by atoms with Crippen LogP contribution in [0.2, 0.25) is 5.02 Å². The van der Waals surface area contributed by atoms with Gasteiger partial charge in [0, 0.05) is 31.2 Å². The molecule has 0 unspecified atom stereocenters. The largest absolute Gasteiger partial charge is 0.338 e. The van der Waals surface area contributed by atoms with Crippen molar-refractivity contribution in [3.63, 3.8) is 0 Å². The Morgan fingerprint density at radius 3 is 2.30 bits per heavy atom. The van der Waals surface area contributed by atoms with Gasteiger partial charge in [-0.15, -0.1) is 12.4 Å². The van der Waals surface area contributed by atoms with Gasteiger partial charge < -0.3 is 10.6 Å². The summed E-state index contributed by atoms with van der Waals surface area (Å²) in [6.45, 7) is 1.29. The van der Waals surface area contributed by atoms with Gasteiger partial charge in [-0.05, 0) is 31.0 Å². The Kier molecular flexibility index (Phi) is 5.27. The van der Waals surface area contributed by atoms with Crippen molar-refractivity contribution in [2.75, 3.05) is 26.2 Å². The predicted molar refractivity (Wildman–Crippen MR) is 90.2 cm³/mol. The summed E-state index contributed by atoms with van der Waals surface area (Å²) in [5.74, 6) is -0.0627. The molecule has 3 rings (SSSR count). The molecule has 1 heterocycles. The first-order valence-electron chi connectivity index (χ1n) is 7.17. The molecule has 0 radical (unpaired) electrons. The minimum absolute atomic E-state index is 0. The van der Waals surface area contributed by atoms with E-state index in [1.165, 1.54) is 16.4 Å². The van der Waals surface area contributed by atoms with E-state index >= 15 is 0 Å². The number of rotatable bonds is 3. The Labute approximate surface area is 147 Å². The van der Waals surface area contributed by atoms with E-state index in [9.17, 15) is 13.2 Å². The molecule has 0 bridgehead atoms. The molecule has 1 aromatic rings. The highest BCUT2D eigenvalue weighted by Crippen LogP contribution is 2.34. The van der Waals surface area contributed by atoms with Gasteiger partial charge in [0.25, 0.3) is 0 Å². The molecule has 1 aliphatic heterocycles. The number of amides is 1. The lowest BCUT2D eigenvalue weighted by molar-refractivity contribution is -0.134. The smallest absolute Gasteiger partial charge is 0.243 e. The Morgan fingerprint density at radius 2 is 1.78 bits per heavy atom. The zero-order chi connectivity index (χ0) is 16.0. The topological polar surface area (TPSA) is 83.7 Å². The van der Waals surface area contributed by atoms with Crippen molar-refractivity contribution >= 4 is 39.9 Å². The number of nitrogens with zero attached hydrogens (tertiary/aromatic N) is 2. The minimum Gasteiger partial charge on any atom is -0.338 e. The number of hydrogen-bond acceptors (Lipinski definition) is 4. The third-order valence-electron chi connectivity index (χ3n) is 4.17. The number of carbonyl (C=O) groups excluding carboxylic acids is 1. The maximum atomic E-state index is 12.6. The average molecular weight is 380 g/mol. The van der Waals surface area contributed by atoms with Crippen LogP contribution in [0.15, 0.2) is 29.2 Å². The molecule has 23 heavy (non-hydrogen) atoms. The lowest BCUT2D eigenvalue weighted by Gasteiger charge is -2.35. The van der Waals surface area contributed by atoms with Crippen molar-refractivity contribution in [1.29, 1.82) is 0 Å². The second-order valence-corrected chi connectivity index (χ2v) is 8.18. The van der Waals surface area contributed by atoms with E-state index in [1.54, 1.807) is 17.0 Å². The first kappa shape index (κ1) is 18.5. The molecule has 1 saturated carbocycles. The molecule has 1 amide bonds. The fourth-order valence-corrected chi connectivity index (χ4v) is 4.30. The number of nitrogens with two attached hydrogens (primary N) is 1. The van der Waals surface area contributed by atoms with E-state index in [4.69, 9.17) is 17.3 Å².